The Labute approximate surface area is 159 Å². The van der Waals surface area contributed by atoms with E-state index in [1.165, 1.54) is 19.3 Å². The highest BCUT2D eigenvalue weighted by Gasteiger charge is 2.23. The zero-order valence-corrected chi connectivity index (χ0v) is 15.7. The molecular weight excluding hydrogens is 345 g/mol. The lowest BCUT2D eigenvalue weighted by molar-refractivity contribution is 0.318. The van der Waals surface area contributed by atoms with E-state index in [0.29, 0.717) is 29.9 Å². The van der Waals surface area contributed by atoms with Crippen molar-refractivity contribution in [3.8, 4) is 0 Å². The molecule has 0 aliphatic heterocycles. The minimum absolute atomic E-state index is 0.206. The maximum atomic E-state index is 14.9. The van der Waals surface area contributed by atoms with Crippen molar-refractivity contribution in [2.24, 2.45) is 5.92 Å². The van der Waals surface area contributed by atoms with Gasteiger partial charge in [-0.2, -0.15) is 0 Å². The molecule has 0 spiro atoms. The van der Waals surface area contributed by atoms with E-state index in [1.54, 1.807) is 12.1 Å². The van der Waals surface area contributed by atoms with Gasteiger partial charge in [-0.05, 0) is 84.8 Å². The third-order valence-corrected chi connectivity index (χ3v) is 6.46. The SMILES string of the molecule is CCC1CCC(c2ccc(C3=CCc4c(ccc(F)c4F)C3)c(F)c2)CC1. The molecule has 142 valence electrons. The average Bonchev–Trinajstić information content (AvgIpc) is 2.70. The Morgan fingerprint density at radius 3 is 2.41 bits per heavy atom. The highest BCUT2D eigenvalue weighted by molar-refractivity contribution is 5.71. The lowest BCUT2D eigenvalue weighted by atomic mass is 9.77. The van der Waals surface area contributed by atoms with E-state index in [2.05, 4.69) is 13.0 Å². The molecule has 0 nitrogen and oxygen atoms in total. The first-order valence-corrected chi connectivity index (χ1v) is 10.0. The van der Waals surface area contributed by atoms with Crippen LogP contribution in [0.15, 0.2) is 36.4 Å². The van der Waals surface area contributed by atoms with Crippen LogP contribution in [0.2, 0.25) is 0 Å². The lowest BCUT2D eigenvalue weighted by Crippen LogP contribution is -2.13. The van der Waals surface area contributed by atoms with Crippen molar-refractivity contribution >= 4 is 5.57 Å². The summed E-state index contributed by atoms with van der Waals surface area (Å²) >= 11 is 0. The fourth-order valence-corrected chi connectivity index (χ4v) is 4.68. The van der Waals surface area contributed by atoms with Gasteiger partial charge in [-0.15, -0.1) is 0 Å². The molecule has 0 aromatic heterocycles. The van der Waals surface area contributed by atoms with Crippen molar-refractivity contribution in [2.75, 3.05) is 0 Å². The van der Waals surface area contributed by atoms with E-state index in [4.69, 9.17) is 0 Å². The van der Waals surface area contributed by atoms with Crippen LogP contribution in [0.3, 0.4) is 0 Å². The molecule has 1 fully saturated rings. The molecule has 2 aromatic rings. The second-order valence-corrected chi connectivity index (χ2v) is 7.97. The third-order valence-electron chi connectivity index (χ3n) is 6.46. The zero-order chi connectivity index (χ0) is 19.0. The second kappa shape index (κ2) is 7.53. The van der Waals surface area contributed by atoms with Crippen molar-refractivity contribution < 1.29 is 13.2 Å². The van der Waals surface area contributed by atoms with Crippen LogP contribution in [0, 0.1) is 23.4 Å². The predicted octanol–water partition coefficient (Wildman–Crippen LogP) is 6.97. The standard InChI is InChI=1S/C24H25F3/c1-2-15-3-5-16(6-4-15)17-7-10-20(23(26)14-17)18-8-11-21-19(13-18)9-12-22(25)24(21)27/h7-10,12,14-16H,2-6,11,13H2,1H3. The van der Waals surface area contributed by atoms with Crippen molar-refractivity contribution in [1.82, 2.24) is 0 Å². The van der Waals surface area contributed by atoms with Crippen molar-refractivity contribution in [1.29, 1.82) is 0 Å². The van der Waals surface area contributed by atoms with Crippen molar-refractivity contribution in [3.05, 3.63) is 76.1 Å². The van der Waals surface area contributed by atoms with Gasteiger partial charge in [0.2, 0.25) is 0 Å². The molecule has 2 aromatic carbocycles. The van der Waals surface area contributed by atoms with Gasteiger partial charge >= 0.3 is 0 Å². The quantitative estimate of drug-likeness (QED) is 0.547. The number of benzene rings is 2. The number of rotatable bonds is 3. The summed E-state index contributed by atoms with van der Waals surface area (Å²) in [7, 11) is 0. The molecule has 3 heteroatoms. The van der Waals surface area contributed by atoms with E-state index in [1.807, 2.05) is 12.1 Å². The molecule has 0 atom stereocenters. The van der Waals surface area contributed by atoms with E-state index in [9.17, 15) is 13.2 Å². The molecule has 0 amide bonds. The predicted molar refractivity (Wildman–Crippen MR) is 103 cm³/mol. The van der Waals surface area contributed by atoms with Crippen LogP contribution in [0.4, 0.5) is 13.2 Å². The summed E-state index contributed by atoms with van der Waals surface area (Å²) in [4.78, 5) is 0. The summed E-state index contributed by atoms with van der Waals surface area (Å²) < 4.78 is 42.2. The maximum Gasteiger partial charge on any atom is 0.162 e. The number of hydrogen-bond acceptors (Lipinski definition) is 0. The van der Waals surface area contributed by atoms with E-state index in [0.717, 1.165) is 41.5 Å². The minimum atomic E-state index is -0.820. The van der Waals surface area contributed by atoms with Crippen LogP contribution in [0.5, 0.6) is 0 Å². The van der Waals surface area contributed by atoms with Gasteiger partial charge in [0.15, 0.2) is 11.6 Å². The highest BCUT2D eigenvalue weighted by atomic mass is 19.2. The summed E-state index contributed by atoms with van der Waals surface area (Å²) in [6.45, 7) is 2.25. The summed E-state index contributed by atoms with van der Waals surface area (Å²) in [6, 6.07) is 8.38. The first-order valence-electron chi connectivity index (χ1n) is 10.0. The monoisotopic (exact) mass is 370 g/mol. The Hall–Kier alpha value is -2.03. The molecular formula is C24H25F3. The molecule has 27 heavy (non-hydrogen) atoms. The summed E-state index contributed by atoms with van der Waals surface area (Å²) in [6.07, 6.45) is 8.54. The van der Waals surface area contributed by atoms with Crippen molar-refractivity contribution in [2.45, 2.75) is 57.8 Å². The van der Waals surface area contributed by atoms with Crippen LogP contribution in [-0.2, 0) is 12.8 Å². The molecule has 0 unspecified atom stereocenters. The van der Waals surface area contributed by atoms with Gasteiger partial charge in [-0.25, -0.2) is 13.2 Å². The van der Waals surface area contributed by atoms with Crippen LogP contribution in [0.25, 0.3) is 5.57 Å². The average molecular weight is 370 g/mol. The Kier molecular flexibility index (Phi) is 5.12. The molecule has 0 bridgehead atoms. The molecule has 2 aliphatic rings. The Bertz CT molecular complexity index is 873. The fourth-order valence-electron chi connectivity index (χ4n) is 4.68. The normalized spacial score (nSPS) is 22.3. The van der Waals surface area contributed by atoms with Gasteiger partial charge in [0.25, 0.3) is 0 Å². The highest BCUT2D eigenvalue weighted by Crippen LogP contribution is 2.38. The smallest absolute Gasteiger partial charge is 0.162 e. The molecule has 0 saturated heterocycles. The Morgan fingerprint density at radius 2 is 1.70 bits per heavy atom. The Balaban J connectivity index is 1.54. The molecule has 0 heterocycles. The van der Waals surface area contributed by atoms with Crippen LogP contribution in [-0.4, -0.2) is 0 Å². The maximum absolute atomic E-state index is 14.9. The number of halogens is 3. The third kappa shape index (κ3) is 3.56. The number of allylic oxidation sites excluding steroid dienone is 2. The Morgan fingerprint density at radius 1 is 0.926 bits per heavy atom. The molecule has 4 rings (SSSR count). The molecule has 1 saturated carbocycles. The second-order valence-electron chi connectivity index (χ2n) is 7.97. The summed E-state index contributed by atoms with van der Waals surface area (Å²) in [5.41, 5.74) is 3.66. The van der Waals surface area contributed by atoms with Gasteiger partial charge in [0.1, 0.15) is 5.82 Å². The minimum Gasteiger partial charge on any atom is -0.206 e. The van der Waals surface area contributed by atoms with Gasteiger partial charge in [0.05, 0.1) is 0 Å². The summed E-state index contributed by atoms with van der Waals surface area (Å²) in [5.74, 6) is -0.528. The molecule has 2 aliphatic carbocycles. The van der Waals surface area contributed by atoms with Gasteiger partial charge < -0.3 is 0 Å². The first kappa shape index (κ1) is 18.3. The molecule has 0 radical (unpaired) electrons. The topological polar surface area (TPSA) is 0 Å². The summed E-state index contributed by atoms with van der Waals surface area (Å²) in [5, 5.41) is 0. The van der Waals surface area contributed by atoms with Crippen LogP contribution in [0.1, 0.15) is 67.2 Å². The van der Waals surface area contributed by atoms with Crippen molar-refractivity contribution in [3.63, 3.8) is 0 Å². The zero-order valence-electron chi connectivity index (χ0n) is 15.7. The van der Waals surface area contributed by atoms with E-state index < -0.39 is 11.6 Å². The number of hydrogen-bond donors (Lipinski definition) is 0. The lowest BCUT2D eigenvalue weighted by Gasteiger charge is -2.28. The largest absolute Gasteiger partial charge is 0.206 e. The number of fused-ring (bicyclic) bond motifs is 1. The fraction of sp³-hybridized carbons (Fsp3) is 0.417. The van der Waals surface area contributed by atoms with Gasteiger partial charge in [-0.1, -0.05) is 37.6 Å². The van der Waals surface area contributed by atoms with Gasteiger partial charge in [-0.3, -0.25) is 0 Å². The van der Waals surface area contributed by atoms with Gasteiger partial charge in [0, 0.05) is 5.56 Å². The first-order chi connectivity index (χ1) is 13.1. The van der Waals surface area contributed by atoms with E-state index in [-0.39, 0.29) is 5.82 Å². The van der Waals surface area contributed by atoms with Crippen LogP contribution >= 0.6 is 0 Å². The molecule has 0 N–H and O–H groups in total. The van der Waals surface area contributed by atoms with E-state index >= 15 is 0 Å². The van der Waals surface area contributed by atoms with Crippen LogP contribution < -0.4 is 0 Å².